The Morgan fingerprint density at radius 2 is 1.89 bits per heavy atom. The fraction of sp³-hybridized carbons (Fsp3) is 0.273. The highest BCUT2D eigenvalue weighted by atomic mass is 16.5. The minimum absolute atomic E-state index is 0.136. The Morgan fingerprint density at radius 1 is 1.14 bits per heavy atom. The third-order valence-electron chi connectivity index (χ3n) is 4.64. The first-order valence-corrected chi connectivity index (χ1v) is 9.14. The molecule has 3 aromatic rings. The van der Waals surface area contributed by atoms with Crippen LogP contribution < -0.4 is 14.8 Å². The van der Waals surface area contributed by atoms with E-state index in [1.807, 2.05) is 51.2 Å². The first kappa shape index (κ1) is 19.5. The number of nitrogens with one attached hydrogen (secondary N) is 2. The van der Waals surface area contributed by atoms with Crippen molar-refractivity contribution in [2.75, 3.05) is 19.5 Å². The van der Waals surface area contributed by atoms with Crippen LogP contribution in [0.1, 0.15) is 34.6 Å². The van der Waals surface area contributed by atoms with Gasteiger partial charge >= 0.3 is 0 Å². The Hall–Kier alpha value is -3.28. The number of hydrogen-bond donors (Lipinski definition) is 2. The number of methoxy groups -OCH3 is 1. The van der Waals surface area contributed by atoms with Crippen LogP contribution in [0.4, 0.5) is 5.82 Å². The van der Waals surface area contributed by atoms with Crippen LogP contribution in [0.25, 0.3) is 0 Å². The SMILES string of the molecule is CNc1[nH]ncc1C(CC=O)c1ccc(Oc2cc(C)cc(C)c2)c(OC)c1. The average Bonchev–Trinajstić information content (AvgIpc) is 3.14. The van der Waals surface area contributed by atoms with Crippen molar-refractivity contribution in [3.05, 3.63) is 64.8 Å². The Labute approximate surface area is 164 Å². The van der Waals surface area contributed by atoms with Crippen LogP contribution in [0, 0.1) is 13.8 Å². The summed E-state index contributed by atoms with van der Waals surface area (Å²) in [6.45, 7) is 4.07. The van der Waals surface area contributed by atoms with Crippen molar-refractivity contribution in [1.29, 1.82) is 0 Å². The van der Waals surface area contributed by atoms with E-state index in [-0.39, 0.29) is 5.92 Å². The predicted octanol–water partition coefficient (Wildman–Crippen LogP) is 4.59. The van der Waals surface area contributed by atoms with Gasteiger partial charge in [-0.25, -0.2) is 0 Å². The number of aryl methyl sites for hydroxylation is 2. The number of nitrogens with zero attached hydrogens (tertiary/aromatic N) is 1. The van der Waals surface area contributed by atoms with Gasteiger partial charge in [-0.2, -0.15) is 5.10 Å². The molecule has 0 fully saturated rings. The third kappa shape index (κ3) is 4.17. The van der Waals surface area contributed by atoms with Gasteiger partial charge in [0.2, 0.25) is 0 Å². The van der Waals surface area contributed by atoms with E-state index < -0.39 is 0 Å². The molecule has 0 amide bonds. The van der Waals surface area contributed by atoms with Crippen LogP contribution in [-0.4, -0.2) is 30.6 Å². The van der Waals surface area contributed by atoms with Crippen molar-refractivity contribution in [1.82, 2.24) is 10.2 Å². The summed E-state index contributed by atoms with van der Waals surface area (Å²) < 4.78 is 11.6. The maximum Gasteiger partial charge on any atom is 0.169 e. The molecule has 3 rings (SSSR count). The Bertz CT molecular complexity index is 945. The van der Waals surface area contributed by atoms with Gasteiger partial charge in [-0.1, -0.05) is 12.1 Å². The number of aromatic amines is 1. The van der Waals surface area contributed by atoms with Crippen molar-refractivity contribution >= 4 is 12.1 Å². The molecule has 146 valence electrons. The van der Waals surface area contributed by atoms with Crippen LogP contribution in [0.2, 0.25) is 0 Å². The van der Waals surface area contributed by atoms with Crippen LogP contribution in [-0.2, 0) is 4.79 Å². The largest absolute Gasteiger partial charge is 0.493 e. The molecule has 2 N–H and O–H groups in total. The zero-order chi connectivity index (χ0) is 20.1. The molecular weight excluding hydrogens is 354 g/mol. The molecule has 0 spiro atoms. The lowest BCUT2D eigenvalue weighted by Gasteiger charge is -2.18. The smallest absolute Gasteiger partial charge is 0.169 e. The zero-order valence-corrected chi connectivity index (χ0v) is 16.6. The number of rotatable bonds is 8. The maximum atomic E-state index is 11.3. The second kappa shape index (κ2) is 8.61. The predicted molar refractivity (Wildman–Crippen MR) is 110 cm³/mol. The number of carbonyl (C=O) groups excluding carboxylic acids is 1. The topological polar surface area (TPSA) is 76.2 Å². The Morgan fingerprint density at radius 3 is 2.54 bits per heavy atom. The van der Waals surface area contributed by atoms with Crippen molar-refractivity contribution in [3.8, 4) is 17.2 Å². The lowest BCUT2D eigenvalue weighted by Crippen LogP contribution is -2.05. The van der Waals surface area contributed by atoms with E-state index in [1.165, 1.54) is 0 Å². The van der Waals surface area contributed by atoms with Gasteiger partial charge in [-0.15, -0.1) is 0 Å². The van der Waals surface area contributed by atoms with E-state index in [4.69, 9.17) is 9.47 Å². The summed E-state index contributed by atoms with van der Waals surface area (Å²) in [5.41, 5.74) is 4.15. The van der Waals surface area contributed by atoms with Crippen molar-refractivity contribution < 1.29 is 14.3 Å². The number of aldehydes is 1. The minimum atomic E-state index is -0.136. The molecule has 6 heteroatoms. The highest BCUT2D eigenvalue weighted by Crippen LogP contribution is 2.38. The summed E-state index contributed by atoms with van der Waals surface area (Å²) in [6, 6.07) is 11.8. The number of carbonyl (C=O) groups is 1. The molecule has 1 heterocycles. The summed E-state index contributed by atoms with van der Waals surface area (Å²) in [5, 5.41) is 10.1. The number of benzene rings is 2. The number of aromatic nitrogens is 2. The summed E-state index contributed by atoms with van der Waals surface area (Å²) in [5.74, 6) is 2.66. The number of hydrogen-bond acceptors (Lipinski definition) is 5. The van der Waals surface area contributed by atoms with Gasteiger partial charge in [0, 0.05) is 24.9 Å². The standard InChI is InChI=1S/C22H25N3O3/c1-14-9-15(2)11-17(10-14)28-20-6-5-16(12-21(20)27-4)18(7-8-26)19-13-24-25-22(19)23-3/h5-6,8-13,18H,7H2,1-4H3,(H2,23,24,25). The molecule has 1 unspecified atom stereocenters. The van der Waals surface area contributed by atoms with E-state index in [9.17, 15) is 4.79 Å². The van der Waals surface area contributed by atoms with Crippen LogP contribution in [0.15, 0.2) is 42.6 Å². The van der Waals surface area contributed by atoms with E-state index in [0.29, 0.717) is 17.9 Å². The lowest BCUT2D eigenvalue weighted by molar-refractivity contribution is -0.108. The Kier molecular flexibility index (Phi) is 5.99. The molecule has 0 saturated heterocycles. The van der Waals surface area contributed by atoms with Gasteiger partial charge in [0.1, 0.15) is 17.9 Å². The lowest BCUT2D eigenvalue weighted by atomic mass is 9.90. The highest BCUT2D eigenvalue weighted by Gasteiger charge is 2.21. The number of ether oxygens (including phenoxy) is 2. The van der Waals surface area contributed by atoms with Gasteiger partial charge in [0.05, 0.1) is 13.3 Å². The van der Waals surface area contributed by atoms with Crippen molar-refractivity contribution in [2.24, 2.45) is 0 Å². The molecule has 1 aromatic heterocycles. The highest BCUT2D eigenvalue weighted by molar-refractivity contribution is 5.59. The second-order valence-corrected chi connectivity index (χ2v) is 6.74. The molecule has 2 aromatic carbocycles. The zero-order valence-electron chi connectivity index (χ0n) is 16.6. The molecule has 6 nitrogen and oxygen atoms in total. The summed E-state index contributed by atoms with van der Waals surface area (Å²) in [7, 11) is 3.43. The molecule has 0 aliphatic heterocycles. The summed E-state index contributed by atoms with van der Waals surface area (Å²) >= 11 is 0. The number of anilines is 1. The monoisotopic (exact) mass is 379 g/mol. The molecule has 0 aliphatic carbocycles. The van der Waals surface area contributed by atoms with E-state index in [1.54, 1.807) is 13.3 Å². The van der Waals surface area contributed by atoms with Gasteiger partial charge in [-0.05, 0) is 54.8 Å². The fourth-order valence-electron chi connectivity index (χ4n) is 3.40. The van der Waals surface area contributed by atoms with Crippen LogP contribution in [0.5, 0.6) is 17.2 Å². The third-order valence-corrected chi connectivity index (χ3v) is 4.64. The normalized spacial score (nSPS) is 11.7. The molecule has 0 radical (unpaired) electrons. The van der Waals surface area contributed by atoms with Crippen molar-refractivity contribution in [2.45, 2.75) is 26.2 Å². The van der Waals surface area contributed by atoms with Gasteiger partial charge in [-0.3, -0.25) is 5.10 Å². The summed E-state index contributed by atoms with van der Waals surface area (Å²) in [6.07, 6.45) is 3.00. The van der Waals surface area contributed by atoms with E-state index in [0.717, 1.165) is 40.1 Å². The fourth-order valence-corrected chi connectivity index (χ4v) is 3.40. The molecule has 28 heavy (non-hydrogen) atoms. The molecule has 1 atom stereocenters. The first-order valence-electron chi connectivity index (χ1n) is 9.14. The van der Waals surface area contributed by atoms with Gasteiger partial charge in [0.25, 0.3) is 0 Å². The molecular formula is C22H25N3O3. The molecule has 0 saturated carbocycles. The van der Waals surface area contributed by atoms with E-state index >= 15 is 0 Å². The minimum Gasteiger partial charge on any atom is -0.493 e. The average molecular weight is 379 g/mol. The van der Waals surface area contributed by atoms with Crippen molar-refractivity contribution in [3.63, 3.8) is 0 Å². The van der Waals surface area contributed by atoms with Crippen LogP contribution in [0.3, 0.4) is 0 Å². The quantitative estimate of drug-likeness (QED) is 0.560. The first-order chi connectivity index (χ1) is 13.5. The second-order valence-electron chi connectivity index (χ2n) is 6.74. The Balaban J connectivity index is 1.96. The van der Waals surface area contributed by atoms with E-state index in [2.05, 4.69) is 21.6 Å². The molecule has 0 aliphatic rings. The van der Waals surface area contributed by atoms with Gasteiger partial charge in [0.15, 0.2) is 11.5 Å². The summed E-state index contributed by atoms with van der Waals surface area (Å²) in [4.78, 5) is 11.3. The van der Waals surface area contributed by atoms with Crippen LogP contribution >= 0.6 is 0 Å². The maximum absolute atomic E-state index is 11.3. The number of H-pyrrole nitrogens is 1. The molecule has 0 bridgehead atoms. The van der Waals surface area contributed by atoms with Gasteiger partial charge < -0.3 is 19.6 Å².